The van der Waals surface area contributed by atoms with Crippen LogP contribution in [0, 0.1) is 5.92 Å². The number of hydrogen-bond donors (Lipinski definition) is 0. The smallest absolute Gasteiger partial charge is 0.232 e. The molecule has 1 amide bonds. The van der Waals surface area contributed by atoms with Crippen molar-refractivity contribution in [3.05, 3.63) is 59.5 Å². The number of methoxy groups -OCH3 is 2. The van der Waals surface area contributed by atoms with Crippen molar-refractivity contribution in [2.75, 3.05) is 19.1 Å². The summed E-state index contributed by atoms with van der Waals surface area (Å²) < 4.78 is 10.9. The van der Waals surface area contributed by atoms with Crippen LogP contribution in [0.15, 0.2) is 53.9 Å². The summed E-state index contributed by atoms with van der Waals surface area (Å²) in [7, 11) is 3.29. The highest BCUT2D eigenvalue weighted by atomic mass is 32.1. The molecule has 1 aromatic heterocycles. The number of amides is 1. The van der Waals surface area contributed by atoms with Gasteiger partial charge in [0.05, 0.1) is 26.5 Å². The van der Waals surface area contributed by atoms with Crippen LogP contribution in [0.5, 0.6) is 11.5 Å². The Kier molecular flexibility index (Phi) is 6.87. The van der Waals surface area contributed by atoms with E-state index in [2.05, 4.69) is 12.1 Å². The van der Waals surface area contributed by atoms with Crippen LogP contribution in [0.25, 0.3) is 11.3 Å². The summed E-state index contributed by atoms with van der Waals surface area (Å²) in [5.41, 5.74) is 2.74. The van der Waals surface area contributed by atoms with Crippen LogP contribution in [0.2, 0.25) is 0 Å². The normalized spacial score (nSPS) is 14.3. The van der Waals surface area contributed by atoms with Gasteiger partial charge in [-0.15, -0.1) is 11.3 Å². The molecule has 0 unspecified atom stereocenters. The Hall–Kier alpha value is -2.86. The number of carbonyl (C=O) groups excluding carboxylic acids is 1. The highest BCUT2D eigenvalue weighted by Gasteiger charge is 2.29. The molecule has 0 N–H and O–H groups in total. The molecule has 0 aliphatic heterocycles. The number of thiazole rings is 1. The molecule has 1 saturated carbocycles. The average molecular weight is 437 g/mol. The molecule has 2 aromatic carbocycles. The number of ether oxygens (including phenoxy) is 2. The van der Waals surface area contributed by atoms with Gasteiger partial charge in [0.1, 0.15) is 11.5 Å². The quantitative estimate of drug-likeness (QED) is 0.460. The van der Waals surface area contributed by atoms with Gasteiger partial charge in [0.2, 0.25) is 5.91 Å². The van der Waals surface area contributed by atoms with Gasteiger partial charge < -0.3 is 9.47 Å². The third-order valence-corrected chi connectivity index (χ3v) is 6.67. The molecule has 0 saturated heterocycles. The van der Waals surface area contributed by atoms with Crippen molar-refractivity contribution in [2.24, 2.45) is 5.92 Å². The molecule has 0 radical (unpaired) electrons. The second kappa shape index (κ2) is 9.96. The van der Waals surface area contributed by atoms with Crippen LogP contribution in [0.4, 0.5) is 5.13 Å². The van der Waals surface area contributed by atoms with Gasteiger partial charge in [0.25, 0.3) is 0 Å². The molecule has 3 aromatic rings. The van der Waals surface area contributed by atoms with Gasteiger partial charge in [0, 0.05) is 16.9 Å². The highest BCUT2D eigenvalue weighted by molar-refractivity contribution is 7.14. The van der Waals surface area contributed by atoms with Crippen LogP contribution in [-0.2, 0) is 11.3 Å². The van der Waals surface area contributed by atoms with Gasteiger partial charge in [-0.05, 0) is 36.6 Å². The van der Waals surface area contributed by atoms with E-state index in [-0.39, 0.29) is 11.8 Å². The number of nitrogens with zero attached hydrogens (tertiary/aromatic N) is 2. The zero-order valence-electron chi connectivity index (χ0n) is 18.0. The fraction of sp³-hybridized carbons (Fsp3) is 0.360. The monoisotopic (exact) mass is 436 g/mol. The lowest BCUT2D eigenvalue weighted by Crippen LogP contribution is -2.36. The Bertz CT molecular complexity index is 1010. The van der Waals surface area contributed by atoms with Crippen molar-refractivity contribution in [1.82, 2.24) is 4.98 Å². The fourth-order valence-electron chi connectivity index (χ4n) is 4.10. The van der Waals surface area contributed by atoms with Crippen LogP contribution in [-0.4, -0.2) is 25.1 Å². The van der Waals surface area contributed by atoms with E-state index in [1.165, 1.54) is 17.8 Å². The van der Waals surface area contributed by atoms with Gasteiger partial charge in [0.15, 0.2) is 5.13 Å². The Labute approximate surface area is 187 Å². The predicted octanol–water partition coefficient (Wildman–Crippen LogP) is 5.94. The molecule has 5 nitrogen and oxygen atoms in total. The largest absolute Gasteiger partial charge is 0.497 e. The summed E-state index contributed by atoms with van der Waals surface area (Å²) in [6.07, 6.45) is 5.40. The molecule has 1 aliphatic rings. The first-order valence-electron chi connectivity index (χ1n) is 10.7. The number of anilines is 1. The molecular weight excluding hydrogens is 408 g/mol. The average Bonchev–Trinajstić information content (AvgIpc) is 3.32. The van der Waals surface area contributed by atoms with E-state index >= 15 is 0 Å². The Morgan fingerprint density at radius 1 is 1.06 bits per heavy atom. The summed E-state index contributed by atoms with van der Waals surface area (Å²) >= 11 is 1.49. The van der Waals surface area contributed by atoms with E-state index in [1.54, 1.807) is 14.2 Å². The van der Waals surface area contributed by atoms with Gasteiger partial charge in [-0.2, -0.15) is 0 Å². The zero-order chi connectivity index (χ0) is 21.6. The Balaban J connectivity index is 1.67. The van der Waals surface area contributed by atoms with Crippen LogP contribution in [0.1, 0.15) is 37.7 Å². The topological polar surface area (TPSA) is 51.7 Å². The third-order valence-electron chi connectivity index (χ3n) is 5.81. The van der Waals surface area contributed by atoms with Crippen molar-refractivity contribution in [3.8, 4) is 22.8 Å². The summed E-state index contributed by atoms with van der Waals surface area (Å²) in [5, 5.41) is 2.71. The molecule has 1 fully saturated rings. The van der Waals surface area contributed by atoms with E-state index in [1.807, 2.05) is 46.7 Å². The maximum absolute atomic E-state index is 13.5. The number of rotatable bonds is 7. The third kappa shape index (κ3) is 4.90. The first-order chi connectivity index (χ1) is 15.2. The molecule has 0 atom stereocenters. The van der Waals surface area contributed by atoms with Crippen molar-refractivity contribution < 1.29 is 14.3 Å². The molecule has 1 aliphatic carbocycles. The van der Waals surface area contributed by atoms with E-state index in [0.717, 1.165) is 59.1 Å². The van der Waals surface area contributed by atoms with Crippen molar-refractivity contribution in [1.29, 1.82) is 0 Å². The molecule has 1 heterocycles. The Morgan fingerprint density at radius 3 is 2.55 bits per heavy atom. The van der Waals surface area contributed by atoms with E-state index in [9.17, 15) is 4.79 Å². The molecule has 0 spiro atoms. The van der Waals surface area contributed by atoms with E-state index < -0.39 is 0 Å². The molecule has 31 heavy (non-hydrogen) atoms. The van der Waals surface area contributed by atoms with Crippen molar-refractivity contribution in [3.63, 3.8) is 0 Å². The highest BCUT2D eigenvalue weighted by Crippen LogP contribution is 2.37. The van der Waals surface area contributed by atoms with Gasteiger partial charge >= 0.3 is 0 Å². The summed E-state index contributed by atoms with van der Waals surface area (Å²) in [6.45, 7) is 0.526. The number of carbonyl (C=O) groups is 1. The second-order valence-corrected chi connectivity index (χ2v) is 8.66. The van der Waals surface area contributed by atoms with Crippen LogP contribution in [0.3, 0.4) is 0 Å². The number of aromatic nitrogens is 1. The minimum Gasteiger partial charge on any atom is -0.497 e. The maximum Gasteiger partial charge on any atom is 0.232 e. The van der Waals surface area contributed by atoms with Gasteiger partial charge in [-0.3, -0.25) is 9.69 Å². The second-order valence-electron chi connectivity index (χ2n) is 7.83. The lowest BCUT2D eigenvalue weighted by atomic mass is 9.88. The minimum absolute atomic E-state index is 0.0798. The molecule has 4 rings (SSSR count). The molecule has 0 bridgehead atoms. The summed E-state index contributed by atoms with van der Waals surface area (Å²) in [5.74, 6) is 1.73. The lowest BCUT2D eigenvalue weighted by Gasteiger charge is -2.27. The minimum atomic E-state index is 0.0798. The summed E-state index contributed by atoms with van der Waals surface area (Å²) in [4.78, 5) is 20.3. The van der Waals surface area contributed by atoms with Gasteiger partial charge in [-0.1, -0.05) is 49.6 Å². The number of benzene rings is 2. The van der Waals surface area contributed by atoms with Crippen molar-refractivity contribution in [2.45, 2.75) is 38.6 Å². The lowest BCUT2D eigenvalue weighted by molar-refractivity contribution is -0.123. The first-order valence-corrected chi connectivity index (χ1v) is 11.6. The fourth-order valence-corrected chi connectivity index (χ4v) is 4.93. The first kappa shape index (κ1) is 21.4. The predicted molar refractivity (Wildman–Crippen MR) is 125 cm³/mol. The maximum atomic E-state index is 13.5. The van der Waals surface area contributed by atoms with E-state index in [4.69, 9.17) is 14.5 Å². The van der Waals surface area contributed by atoms with Gasteiger partial charge in [-0.25, -0.2) is 4.98 Å². The number of hydrogen-bond acceptors (Lipinski definition) is 5. The summed E-state index contributed by atoms with van der Waals surface area (Å²) in [6, 6.07) is 15.8. The van der Waals surface area contributed by atoms with Crippen LogP contribution < -0.4 is 14.4 Å². The standard InChI is InChI=1S/C25H28N2O3S/c1-29-20-13-14-23(30-2)21(15-20)22-17-31-25(26-22)27(16-18-9-5-3-6-10-18)24(28)19-11-7-4-8-12-19/h3,5-6,9-10,13-15,17,19H,4,7-8,11-12,16H2,1-2H3. The van der Waals surface area contributed by atoms with Crippen LogP contribution >= 0.6 is 11.3 Å². The molecule has 6 heteroatoms. The Morgan fingerprint density at radius 2 is 1.84 bits per heavy atom. The van der Waals surface area contributed by atoms with E-state index in [0.29, 0.717) is 6.54 Å². The molecule has 162 valence electrons. The SMILES string of the molecule is COc1ccc(OC)c(-c2csc(N(Cc3ccccc3)C(=O)C3CCCCC3)n2)c1. The van der Waals surface area contributed by atoms with Crippen molar-refractivity contribution >= 4 is 22.4 Å². The molecular formula is C25H28N2O3S. The zero-order valence-corrected chi connectivity index (χ0v) is 18.9.